The largest absolute Gasteiger partial charge is 0.507 e. The van der Waals surface area contributed by atoms with Gasteiger partial charge in [-0.1, -0.05) is 32.9 Å². The molecule has 13 nitrogen and oxygen atoms in total. The molecule has 45 heavy (non-hydrogen) atoms. The summed E-state index contributed by atoms with van der Waals surface area (Å²) in [6, 6.07) is 8.98. The highest BCUT2D eigenvalue weighted by Gasteiger charge is 2.41. The number of aromatic hydroxyl groups is 1. The molecule has 0 radical (unpaired) electrons. The minimum absolute atomic E-state index is 0.0810. The van der Waals surface area contributed by atoms with Gasteiger partial charge in [-0.05, 0) is 49.3 Å². The highest BCUT2D eigenvalue weighted by molar-refractivity contribution is 5.89. The topological polar surface area (TPSA) is 212 Å². The molecule has 0 aliphatic rings. The maximum atomic E-state index is 13.8. The van der Waals surface area contributed by atoms with Crippen LogP contribution >= 0.6 is 0 Å². The van der Waals surface area contributed by atoms with Crippen molar-refractivity contribution in [3.63, 3.8) is 0 Å². The summed E-state index contributed by atoms with van der Waals surface area (Å²) in [6.07, 6.45) is -6.59. The molecule has 0 unspecified atom stereocenters. The van der Waals surface area contributed by atoms with Crippen LogP contribution in [0, 0.1) is 0 Å². The number of hydrogen-bond donors (Lipinski definition) is 5. The molecule has 0 aliphatic carbocycles. The Morgan fingerprint density at radius 2 is 1.29 bits per heavy atom. The third-order valence-corrected chi connectivity index (χ3v) is 5.37. The molecule has 0 saturated carbocycles. The second-order valence-electron chi connectivity index (χ2n) is 10.6. The first-order valence-electron chi connectivity index (χ1n) is 12.7. The van der Waals surface area contributed by atoms with Crippen LogP contribution in [0.25, 0.3) is 11.0 Å². The number of benzene rings is 2. The van der Waals surface area contributed by atoms with E-state index in [0.29, 0.717) is 0 Å². The molecule has 1 aromatic heterocycles. The van der Waals surface area contributed by atoms with Crippen LogP contribution in [0.3, 0.4) is 0 Å². The van der Waals surface area contributed by atoms with Crippen LogP contribution in [0.2, 0.25) is 0 Å². The van der Waals surface area contributed by atoms with Crippen LogP contribution in [-0.4, -0.2) is 68.4 Å². The van der Waals surface area contributed by atoms with Gasteiger partial charge < -0.3 is 39.6 Å². The molecule has 2 aromatic carbocycles. The lowest BCUT2D eigenvalue weighted by Gasteiger charge is -2.19. The third-order valence-electron chi connectivity index (χ3n) is 5.37. The number of carbonyl (C=O) groups is 4. The van der Waals surface area contributed by atoms with Crippen LogP contribution in [0.1, 0.15) is 50.5 Å². The number of aliphatic carboxylic acids is 4. The molecule has 0 fully saturated rings. The molecule has 0 spiro atoms. The van der Waals surface area contributed by atoms with Crippen molar-refractivity contribution in [1.82, 2.24) is 4.90 Å². The summed E-state index contributed by atoms with van der Waals surface area (Å²) in [5.41, 5.74) is -0.381. The highest BCUT2D eigenvalue weighted by Crippen LogP contribution is 2.40. The molecular formula is C29H32F3NO12. The number of phenolic OH excluding ortho intramolecular Hbond substituents is 1. The summed E-state index contributed by atoms with van der Waals surface area (Å²) in [4.78, 5) is 52.4. The zero-order valence-electron chi connectivity index (χ0n) is 24.8. The van der Waals surface area contributed by atoms with Crippen molar-refractivity contribution in [3.8, 4) is 17.2 Å². The van der Waals surface area contributed by atoms with Crippen molar-refractivity contribution in [2.24, 2.45) is 0 Å². The molecule has 3 rings (SSSR count). The third kappa shape index (κ3) is 12.2. The lowest BCUT2D eigenvalue weighted by Crippen LogP contribution is -2.17. The van der Waals surface area contributed by atoms with E-state index in [1.165, 1.54) is 24.3 Å². The Labute approximate surface area is 253 Å². The molecule has 0 saturated heterocycles. The fourth-order valence-corrected chi connectivity index (χ4v) is 3.43. The molecule has 246 valence electrons. The molecule has 0 amide bonds. The Balaban J connectivity index is 0.000000601. The van der Waals surface area contributed by atoms with Crippen LogP contribution in [0.4, 0.5) is 13.2 Å². The summed E-state index contributed by atoms with van der Waals surface area (Å²) < 4.78 is 51.9. The number of alkyl halides is 3. The number of phenols is 1. The van der Waals surface area contributed by atoms with E-state index in [0.717, 1.165) is 5.56 Å². The number of carboxylic acid groups (broad SMARTS) is 4. The van der Waals surface area contributed by atoms with E-state index >= 15 is 0 Å². The highest BCUT2D eigenvalue weighted by atomic mass is 19.4. The normalized spacial score (nSPS) is 11.1. The van der Waals surface area contributed by atoms with Gasteiger partial charge in [-0.2, -0.15) is 13.2 Å². The van der Waals surface area contributed by atoms with Gasteiger partial charge in [0.15, 0.2) is 0 Å². The van der Waals surface area contributed by atoms with E-state index < -0.39 is 59.8 Å². The molecule has 16 heteroatoms. The number of nitrogens with zero attached hydrogens (tertiary/aromatic N) is 1. The van der Waals surface area contributed by atoms with E-state index in [-0.39, 0.29) is 40.0 Å². The van der Waals surface area contributed by atoms with Gasteiger partial charge in [0.1, 0.15) is 29.9 Å². The van der Waals surface area contributed by atoms with Crippen LogP contribution < -0.4 is 10.2 Å². The second-order valence-corrected chi connectivity index (χ2v) is 10.6. The van der Waals surface area contributed by atoms with E-state index in [4.69, 9.17) is 29.6 Å². The molecule has 0 atom stereocenters. The monoisotopic (exact) mass is 643 g/mol. The molecule has 0 bridgehead atoms. The predicted molar refractivity (Wildman–Crippen MR) is 152 cm³/mol. The van der Waals surface area contributed by atoms with E-state index in [1.54, 1.807) is 31.1 Å². The smallest absolute Gasteiger partial charge is 0.453 e. The number of fused-ring (bicyclic) bond motifs is 1. The lowest BCUT2D eigenvalue weighted by atomic mass is 9.87. The minimum Gasteiger partial charge on any atom is -0.507 e. The molecule has 3 aromatic rings. The van der Waals surface area contributed by atoms with Crippen LogP contribution in [0.5, 0.6) is 17.2 Å². The van der Waals surface area contributed by atoms with Gasteiger partial charge in [-0.3, -0.25) is 24.0 Å². The quantitative estimate of drug-likeness (QED) is 0.210. The molecule has 0 aliphatic heterocycles. The number of hydrogen-bond acceptors (Lipinski definition) is 9. The van der Waals surface area contributed by atoms with E-state index in [9.17, 15) is 42.3 Å². The molecule has 5 N–H and O–H groups in total. The zero-order chi connectivity index (χ0) is 34.9. The van der Waals surface area contributed by atoms with Crippen molar-refractivity contribution >= 4 is 34.8 Å². The van der Waals surface area contributed by atoms with Gasteiger partial charge in [0.2, 0.25) is 11.2 Å². The predicted octanol–water partition coefficient (Wildman–Crippen LogP) is 4.76. The molecule has 1 heterocycles. The Bertz CT molecular complexity index is 1540. The fraction of sp³-hybridized carbons (Fsp3) is 0.345. The van der Waals surface area contributed by atoms with Crippen LogP contribution in [-0.2, 0) is 37.3 Å². The van der Waals surface area contributed by atoms with Crippen molar-refractivity contribution in [2.75, 3.05) is 14.1 Å². The van der Waals surface area contributed by atoms with Gasteiger partial charge in [0.05, 0.1) is 10.9 Å². The van der Waals surface area contributed by atoms with E-state index in [2.05, 4.69) is 0 Å². The summed E-state index contributed by atoms with van der Waals surface area (Å²) in [7, 11) is 3.36. The number of rotatable bonds is 8. The Morgan fingerprint density at radius 1 is 0.822 bits per heavy atom. The average molecular weight is 644 g/mol. The number of carboxylic acids is 4. The first kappa shape index (κ1) is 37.9. The Morgan fingerprint density at radius 3 is 1.64 bits per heavy atom. The van der Waals surface area contributed by atoms with E-state index in [1.807, 2.05) is 20.8 Å². The maximum Gasteiger partial charge on any atom is 0.453 e. The standard InChI is InChI=1S/C23H24F3NO4.2C3H4O4/c1-22(2,3)13-6-8-14(9-7-13)30-20-18(29)15-10-11-17(28)16(12-27(4)5)19(15)31-21(20)23(24,25)26;2*4-2(5)1-3(6)7/h6-11,28H,12H2,1-5H3;2*1H2,(H,4,5)(H,6,7). The van der Waals surface area contributed by atoms with Gasteiger partial charge >= 0.3 is 30.1 Å². The fourth-order valence-electron chi connectivity index (χ4n) is 3.43. The summed E-state index contributed by atoms with van der Waals surface area (Å²) in [6.45, 7) is 6.09. The average Bonchev–Trinajstić information content (AvgIpc) is 2.85. The lowest BCUT2D eigenvalue weighted by molar-refractivity contribution is -0.154. The Kier molecular flexibility index (Phi) is 13.1. The van der Waals surface area contributed by atoms with Crippen molar-refractivity contribution in [3.05, 3.63) is 63.5 Å². The summed E-state index contributed by atoms with van der Waals surface area (Å²) in [5.74, 6) is -7.91. The molecular weight excluding hydrogens is 611 g/mol. The first-order valence-corrected chi connectivity index (χ1v) is 12.7. The summed E-state index contributed by atoms with van der Waals surface area (Å²) >= 11 is 0. The van der Waals surface area contributed by atoms with Crippen molar-refractivity contribution in [2.45, 2.75) is 51.7 Å². The minimum atomic E-state index is -4.98. The van der Waals surface area contributed by atoms with Crippen molar-refractivity contribution in [1.29, 1.82) is 0 Å². The van der Waals surface area contributed by atoms with Gasteiger partial charge in [0.25, 0.3) is 5.76 Å². The SMILES string of the molecule is CN(C)Cc1c(O)ccc2c(=O)c(Oc3ccc(C(C)(C)C)cc3)c(C(F)(F)F)oc12.O=C(O)CC(=O)O.O=C(O)CC(=O)O. The first-order chi connectivity index (χ1) is 20.5. The van der Waals surface area contributed by atoms with Crippen LogP contribution in [0.15, 0.2) is 45.6 Å². The number of ether oxygens (including phenoxy) is 1. The van der Waals surface area contributed by atoms with Crippen molar-refractivity contribution < 1.29 is 67.0 Å². The zero-order valence-corrected chi connectivity index (χ0v) is 24.8. The van der Waals surface area contributed by atoms with Gasteiger partial charge in [-0.25, -0.2) is 0 Å². The van der Waals surface area contributed by atoms with Gasteiger partial charge in [-0.15, -0.1) is 0 Å². The second kappa shape index (κ2) is 15.6. The summed E-state index contributed by atoms with van der Waals surface area (Å²) in [5, 5.41) is 40.8. The maximum absolute atomic E-state index is 13.8. The number of halogens is 3. The van der Waals surface area contributed by atoms with Gasteiger partial charge in [0, 0.05) is 6.54 Å². The Hall–Kier alpha value is -5.12.